The van der Waals surface area contributed by atoms with E-state index in [2.05, 4.69) is 12.2 Å². The van der Waals surface area contributed by atoms with E-state index < -0.39 is 0 Å². The molecular formula is C14H26N2O2. The molecule has 2 fully saturated rings. The highest BCUT2D eigenvalue weighted by molar-refractivity contribution is 5.82. The molecule has 1 aliphatic carbocycles. The van der Waals surface area contributed by atoms with E-state index in [-0.39, 0.29) is 18.1 Å². The minimum absolute atomic E-state index is 0.0113. The van der Waals surface area contributed by atoms with Gasteiger partial charge in [-0.05, 0) is 38.6 Å². The van der Waals surface area contributed by atoms with E-state index in [1.54, 1.807) is 0 Å². The van der Waals surface area contributed by atoms with Gasteiger partial charge in [-0.1, -0.05) is 13.3 Å². The summed E-state index contributed by atoms with van der Waals surface area (Å²) in [5.74, 6) is 0.549. The third-order valence-electron chi connectivity index (χ3n) is 4.25. The van der Waals surface area contributed by atoms with Crippen LogP contribution in [0, 0.1) is 5.92 Å². The summed E-state index contributed by atoms with van der Waals surface area (Å²) in [5.41, 5.74) is 0. The number of aliphatic hydroxyl groups is 1. The Hall–Kier alpha value is -0.610. The van der Waals surface area contributed by atoms with E-state index in [4.69, 9.17) is 0 Å². The Bertz CT molecular complexity index is 283. The maximum absolute atomic E-state index is 12.3. The minimum Gasteiger partial charge on any atom is -0.393 e. The number of carbonyl (C=O) groups excluding carboxylic acids is 1. The SMILES string of the molecule is CCCNC1CCCN(CC2CCCC2O)C1=O. The van der Waals surface area contributed by atoms with Gasteiger partial charge in [0.05, 0.1) is 12.1 Å². The van der Waals surface area contributed by atoms with Crippen molar-refractivity contribution in [3.8, 4) is 0 Å². The van der Waals surface area contributed by atoms with Crippen LogP contribution in [0.15, 0.2) is 0 Å². The molecule has 104 valence electrons. The van der Waals surface area contributed by atoms with Crippen LogP contribution in [0.4, 0.5) is 0 Å². The van der Waals surface area contributed by atoms with Crippen molar-refractivity contribution in [2.75, 3.05) is 19.6 Å². The first kappa shape index (κ1) is 13.8. The third kappa shape index (κ3) is 3.23. The van der Waals surface area contributed by atoms with Gasteiger partial charge < -0.3 is 15.3 Å². The van der Waals surface area contributed by atoms with Gasteiger partial charge in [0.2, 0.25) is 5.91 Å². The van der Waals surface area contributed by atoms with Crippen molar-refractivity contribution < 1.29 is 9.90 Å². The fourth-order valence-electron chi connectivity index (χ4n) is 3.14. The standard InChI is InChI=1S/C14H26N2O2/c1-2-8-15-12-6-4-9-16(14(12)18)10-11-5-3-7-13(11)17/h11-13,15,17H,2-10H2,1H3. The van der Waals surface area contributed by atoms with Crippen LogP contribution in [-0.4, -0.2) is 47.7 Å². The lowest BCUT2D eigenvalue weighted by molar-refractivity contribution is -0.137. The highest BCUT2D eigenvalue weighted by Crippen LogP contribution is 2.27. The second kappa shape index (κ2) is 6.53. The van der Waals surface area contributed by atoms with Gasteiger partial charge in [0, 0.05) is 19.0 Å². The van der Waals surface area contributed by atoms with Gasteiger partial charge >= 0.3 is 0 Å². The van der Waals surface area contributed by atoms with Gasteiger partial charge in [-0.25, -0.2) is 0 Å². The van der Waals surface area contributed by atoms with Gasteiger partial charge in [-0.15, -0.1) is 0 Å². The maximum Gasteiger partial charge on any atom is 0.239 e. The molecule has 2 N–H and O–H groups in total. The molecule has 3 atom stereocenters. The van der Waals surface area contributed by atoms with Crippen molar-refractivity contribution in [1.29, 1.82) is 0 Å². The molecule has 4 heteroatoms. The fourth-order valence-corrected chi connectivity index (χ4v) is 3.14. The molecule has 1 saturated heterocycles. The van der Waals surface area contributed by atoms with E-state index in [0.717, 1.165) is 58.2 Å². The van der Waals surface area contributed by atoms with Crippen LogP contribution in [0.1, 0.15) is 45.4 Å². The molecular weight excluding hydrogens is 228 g/mol. The first-order chi connectivity index (χ1) is 8.72. The van der Waals surface area contributed by atoms with Gasteiger partial charge in [-0.2, -0.15) is 0 Å². The number of likely N-dealkylation sites (tertiary alicyclic amines) is 1. The lowest BCUT2D eigenvalue weighted by Gasteiger charge is -2.35. The van der Waals surface area contributed by atoms with Crippen LogP contribution in [-0.2, 0) is 4.79 Å². The lowest BCUT2D eigenvalue weighted by atomic mass is 10.0. The molecule has 2 aliphatic rings. The topological polar surface area (TPSA) is 52.6 Å². The molecule has 4 nitrogen and oxygen atoms in total. The number of amides is 1. The fraction of sp³-hybridized carbons (Fsp3) is 0.929. The van der Waals surface area contributed by atoms with Crippen molar-refractivity contribution in [1.82, 2.24) is 10.2 Å². The van der Waals surface area contributed by atoms with Crippen molar-refractivity contribution >= 4 is 5.91 Å². The van der Waals surface area contributed by atoms with E-state index >= 15 is 0 Å². The molecule has 1 heterocycles. The third-order valence-corrected chi connectivity index (χ3v) is 4.25. The zero-order chi connectivity index (χ0) is 13.0. The van der Waals surface area contributed by atoms with E-state index in [1.165, 1.54) is 0 Å². The Labute approximate surface area is 110 Å². The Kier molecular flexibility index (Phi) is 5.01. The van der Waals surface area contributed by atoms with Crippen LogP contribution < -0.4 is 5.32 Å². The van der Waals surface area contributed by atoms with Crippen molar-refractivity contribution in [3.63, 3.8) is 0 Å². The van der Waals surface area contributed by atoms with Gasteiger partial charge in [0.25, 0.3) is 0 Å². The van der Waals surface area contributed by atoms with Crippen LogP contribution in [0.25, 0.3) is 0 Å². The normalized spacial score (nSPS) is 33.1. The van der Waals surface area contributed by atoms with E-state index in [1.807, 2.05) is 4.90 Å². The molecule has 2 rings (SSSR count). The molecule has 1 amide bonds. The minimum atomic E-state index is -0.193. The highest BCUT2D eigenvalue weighted by atomic mass is 16.3. The lowest BCUT2D eigenvalue weighted by Crippen LogP contribution is -2.52. The molecule has 18 heavy (non-hydrogen) atoms. The van der Waals surface area contributed by atoms with Crippen LogP contribution in [0.2, 0.25) is 0 Å². The number of carbonyl (C=O) groups is 1. The van der Waals surface area contributed by atoms with Gasteiger partial charge in [-0.3, -0.25) is 4.79 Å². The largest absolute Gasteiger partial charge is 0.393 e. The number of aliphatic hydroxyl groups excluding tert-OH is 1. The summed E-state index contributed by atoms with van der Waals surface area (Å²) >= 11 is 0. The first-order valence-corrected chi connectivity index (χ1v) is 7.42. The number of piperidine rings is 1. The molecule has 1 aliphatic heterocycles. The van der Waals surface area contributed by atoms with Gasteiger partial charge in [0.15, 0.2) is 0 Å². The molecule has 0 aromatic heterocycles. The van der Waals surface area contributed by atoms with Gasteiger partial charge in [0.1, 0.15) is 0 Å². The summed E-state index contributed by atoms with van der Waals surface area (Å²) in [5, 5.41) is 13.2. The smallest absolute Gasteiger partial charge is 0.239 e. The van der Waals surface area contributed by atoms with Crippen molar-refractivity contribution in [2.45, 2.75) is 57.6 Å². The van der Waals surface area contributed by atoms with Crippen LogP contribution >= 0.6 is 0 Å². The summed E-state index contributed by atoms with van der Waals surface area (Å²) in [6.45, 7) is 4.65. The predicted molar refractivity (Wildman–Crippen MR) is 71.2 cm³/mol. The summed E-state index contributed by atoms with van der Waals surface area (Å²) in [4.78, 5) is 14.3. The molecule has 0 radical (unpaired) electrons. The summed E-state index contributed by atoms with van der Waals surface area (Å²) in [7, 11) is 0. The van der Waals surface area contributed by atoms with Crippen LogP contribution in [0.3, 0.4) is 0 Å². The number of hydrogen-bond acceptors (Lipinski definition) is 3. The number of rotatable bonds is 5. The Morgan fingerprint density at radius 1 is 1.33 bits per heavy atom. The summed E-state index contributed by atoms with van der Waals surface area (Å²) in [6.07, 6.45) is 5.98. The van der Waals surface area contributed by atoms with Crippen molar-refractivity contribution in [2.24, 2.45) is 5.92 Å². The second-order valence-electron chi connectivity index (χ2n) is 5.69. The number of nitrogens with zero attached hydrogens (tertiary/aromatic N) is 1. The zero-order valence-electron chi connectivity index (χ0n) is 11.4. The first-order valence-electron chi connectivity index (χ1n) is 7.42. The maximum atomic E-state index is 12.3. The zero-order valence-corrected chi connectivity index (χ0v) is 11.4. The molecule has 0 spiro atoms. The molecule has 0 bridgehead atoms. The summed E-state index contributed by atoms with van der Waals surface area (Å²) < 4.78 is 0. The van der Waals surface area contributed by atoms with Crippen molar-refractivity contribution in [3.05, 3.63) is 0 Å². The Morgan fingerprint density at radius 2 is 2.17 bits per heavy atom. The molecule has 0 aromatic carbocycles. The summed E-state index contributed by atoms with van der Waals surface area (Å²) in [6, 6.07) is 0.0113. The monoisotopic (exact) mass is 254 g/mol. The van der Waals surface area contributed by atoms with E-state index in [9.17, 15) is 9.90 Å². The molecule has 0 aromatic rings. The predicted octanol–water partition coefficient (Wildman–Crippen LogP) is 1.14. The number of nitrogens with one attached hydrogen (secondary N) is 1. The van der Waals surface area contributed by atoms with E-state index in [0.29, 0.717) is 5.92 Å². The number of hydrogen-bond donors (Lipinski definition) is 2. The quantitative estimate of drug-likeness (QED) is 0.773. The average Bonchev–Trinajstić information content (AvgIpc) is 2.76. The average molecular weight is 254 g/mol. The Balaban J connectivity index is 1.85. The molecule has 3 unspecified atom stereocenters. The second-order valence-corrected chi connectivity index (χ2v) is 5.69. The molecule has 1 saturated carbocycles. The Morgan fingerprint density at radius 3 is 2.83 bits per heavy atom. The van der Waals surface area contributed by atoms with Crippen LogP contribution in [0.5, 0.6) is 0 Å². The highest BCUT2D eigenvalue weighted by Gasteiger charge is 2.33.